The van der Waals surface area contributed by atoms with Gasteiger partial charge in [0.15, 0.2) is 12.2 Å². The minimum absolute atomic E-state index is 0.0822. The summed E-state index contributed by atoms with van der Waals surface area (Å²) in [7, 11) is -0.799. The molecule has 150 valence electrons. The van der Waals surface area contributed by atoms with Crippen molar-refractivity contribution in [3.05, 3.63) is 23.8 Å². The van der Waals surface area contributed by atoms with Gasteiger partial charge in [0, 0.05) is 19.8 Å². The molecule has 1 aliphatic carbocycles. The van der Waals surface area contributed by atoms with Crippen molar-refractivity contribution in [2.24, 2.45) is 0 Å². The fraction of sp³-hybridized carbons (Fsp3) is 0.556. The second-order valence-corrected chi connectivity index (χ2v) is 9.10. The Labute approximate surface area is 159 Å². The summed E-state index contributed by atoms with van der Waals surface area (Å²) in [6.45, 7) is 1.11. The van der Waals surface area contributed by atoms with Gasteiger partial charge in [-0.25, -0.2) is 17.5 Å². The van der Waals surface area contributed by atoms with Gasteiger partial charge in [-0.2, -0.15) is 0 Å². The summed E-state index contributed by atoms with van der Waals surface area (Å²) >= 11 is 0. The van der Waals surface area contributed by atoms with E-state index in [1.165, 1.54) is 20.2 Å². The summed E-state index contributed by atoms with van der Waals surface area (Å²) in [5.74, 6) is -1.41. The number of hydrogen-bond acceptors (Lipinski definition) is 6. The number of nitrogens with one attached hydrogen (secondary N) is 1. The van der Waals surface area contributed by atoms with Crippen LogP contribution in [0.4, 0.5) is 5.69 Å². The molecule has 2 N–H and O–H groups in total. The number of benzene rings is 1. The van der Waals surface area contributed by atoms with Crippen LogP contribution in [0.2, 0.25) is 0 Å². The summed E-state index contributed by atoms with van der Waals surface area (Å²) in [4.78, 5) is 24.2. The third-order valence-corrected chi connectivity index (χ3v) is 6.58. The van der Waals surface area contributed by atoms with E-state index in [0.29, 0.717) is 18.4 Å². The second-order valence-electron chi connectivity index (χ2n) is 6.98. The van der Waals surface area contributed by atoms with Gasteiger partial charge in [0.1, 0.15) is 0 Å². The van der Waals surface area contributed by atoms with E-state index >= 15 is 0 Å². The van der Waals surface area contributed by atoms with E-state index in [9.17, 15) is 23.1 Å². The van der Waals surface area contributed by atoms with E-state index in [-0.39, 0.29) is 10.6 Å². The maximum Gasteiger partial charge on any atom is 0.338 e. The molecule has 8 nitrogen and oxygen atoms in total. The van der Waals surface area contributed by atoms with E-state index in [1.807, 2.05) is 0 Å². The van der Waals surface area contributed by atoms with Gasteiger partial charge >= 0.3 is 5.97 Å². The fourth-order valence-electron chi connectivity index (χ4n) is 2.96. The SMILES string of the molecule is Cc1ccc(NC(=O)COC(=O)C2(O)CCCCC2)cc1S(=O)(=O)N(C)C. The van der Waals surface area contributed by atoms with Crippen molar-refractivity contribution < 1.29 is 27.9 Å². The zero-order valence-corrected chi connectivity index (χ0v) is 16.6. The predicted octanol–water partition coefficient (Wildman–Crippen LogP) is 1.42. The van der Waals surface area contributed by atoms with Crippen LogP contribution in [0.15, 0.2) is 23.1 Å². The largest absolute Gasteiger partial charge is 0.453 e. The molecule has 0 spiro atoms. The third kappa shape index (κ3) is 5.06. The molecule has 0 saturated heterocycles. The first-order valence-electron chi connectivity index (χ1n) is 8.79. The molecule has 0 radical (unpaired) electrons. The van der Waals surface area contributed by atoms with Gasteiger partial charge in [0.2, 0.25) is 10.0 Å². The zero-order chi connectivity index (χ0) is 20.2. The molecule has 1 amide bonds. The average Bonchev–Trinajstić information content (AvgIpc) is 2.61. The maximum atomic E-state index is 12.3. The van der Waals surface area contributed by atoms with Crippen molar-refractivity contribution in [1.29, 1.82) is 0 Å². The number of esters is 1. The van der Waals surface area contributed by atoms with Gasteiger partial charge in [0.25, 0.3) is 5.91 Å². The smallest absolute Gasteiger partial charge is 0.338 e. The van der Waals surface area contributed by atoms with Crippen LogP contribution in [0.5, 0.6) is 0 Å². The number of aliphatic hydroxyl groups is 1. The number of carbonyl (C=O) groups excluding carboxylic acids is 2. The summed E-state index contributed by atoms with van der Waals surface area (Å²) in [6, 6.07) is 4.51. The Morgan fingerprint density at radius 1 is 1.22 bits per heavy atom. The van der Waals surface area contributed by atoms with Crippen LogP contribution in [0.1, 0.15) is 37.7 Å². The number of anilines is 1. The molecular formula is C18H26N2O6S. The summed E-state index contributed by atoms with van der Waals surface area (Å²) < 4.78 is 30.7. The van der Waals surface area contributed by atoms with Crippen molar-refractivity contribution in [2.45, 2.75) is 49.5 Å². The molecular weight excluding hydrogens is 372 g/mol. The number of hydrogen-bond donors (Lipinski definition) is 2. The summed E-state index contributed by atoms with van der Waals surface area (Å²) in [5, 5.41) is 12.8. The molecule has 1 aliphatic rings. The Bertz CT molecular complexity index is 813. The average molecular weight is 398 g/mol. The first-order chi connectivity index (χ1) is 12.6. The lowest BCUT2D eigenvalue weighted by Crippen LogP contribution is -2.42. The highest BCUT2D eigenvalue weighted by Crippen LogP contribution is 2.29. The topological polar surface area (TPSA) is 113 Å². The van der Waals surface area contributed by atoms with Crippen LogP contribution in [0, 0.1) is 6.92 Å². The van der Waals surface area contributed by atoms with Crippen LogP contribution >= 0.6 is 0 Å². The van der Waals surface area contributed by atoms with E-state index in [4.69, 9.17) is 4.74 Å². The highest BCUT2D eigenvalue weighted by molar-refractivity contribution is 7.89. The Kier molecular flexibility index (Phi) is 6.61. The Morgan fingerprint density at radius 3 is 2.44 bits per heavy atom. The van der Waals surface area contributed by atoms with Gasteiger partial charge < -0.3 is 15.2 Å². The predicted molar refractivity (Wildman–Crippen MR) is 99.7 cm³/mol. The molecule has 0 bridgehead atoms. The minimum Gasteiger partial charge on any atom is -0.453 e. The standard InChI is InChI=1S/C18H26N2O6S/c1-13-7-8-14(11-15(13)27(24,25)20(2)3)19-16(21)12-26-17(22)18(23)9-5-4-6-10-18/h7-8,11,23H,4-6,9-10,12H2,1-3H3,(H,19,21). The number of carbonyl (C=O) groups is 2. The van der Waals surface area contributed by atoms with Gasteiger partial charge in [-0.05, 0) is 50.3 Å². The van der Waals surface area contributed by atoms with Crippen LogP contribution in [-0.2, 0) is 24.3 Å². The highest BCUT2D eigenvalue weighted by Gasteiger charge is 2.38. The molecule has 0 aromatic heterocycles. The van der Waals surface area contributed by atoms with Gasteiger partial charge in [-0.3, -0.25) is 4.79 Å². The number of rotatable bonds is 6. The Balaban J connectivity index is 2.01. The Hall–Kier alpha value is -1.97. The Morgan fingerprint density at radius 2 is 1.85 bits per heavy atom. The maximum absolute atomic E-state index is 12.3. The van der Waals surface area contributed by atoms with Crippen LogP contribution in [0.3, 0.4) is 0 Å². The molecule has 2 rings (SSSR count). The lowest BCUT2D eigenvalue weighted by atomic mass is 9.85. The molecule has 1 fully saturated rings. The molecule has 1 aromatic carbocycles. The summed E-state index contributed by atoms with van der Waals surface area (Å²) in [5.41, 5.74) is -0.693. The van der Waals surface area contributed by atoms with Crippen molar-refractivity contribution >= 4 is 27.6 Å². The van der Waals surface area contributed by atoms with E-state index in [2.05, 4.69) is 5.32 Å². The highest BCUT2D eigenvalue weighted by atomic mass is 32.2. The quantitative estimate of drug-likeness (QED) is 0.701. The molecule has 0 atom stereocenters. The normalized spacial score (nSPS) is 16.8. The zero-order valence-electron chi connectivity index (χ0n) is 15.8. The number of aryl methyl sites for hydroxylation is 1. The van der Waals surface area contributed by atoms with Gasteiger partial charge in [-0.15, -0.1) is 0 Å². The fourth-order valence-corrected chi connectivity index (χ4v) is 4.10. The van der Waals surface area contributed by atoms with Gasteiger partial charge in [0.05, 0.1) is 4.90 Å². The van der Waals surface area contributed by atoms with Crippen LogP contribution in [0.25, 0.3) is 0 Å². The van der Waals surface area contributed by atoms with E-state index in [1.54, 1.807) is 19.1 Å². The third-order valence-electron chi connectivity index (χ3n) is 4.63. The molecule has 9 heteroatoms. The first-order valence-corrected chi connectivity index (χ1v) is 10.2. The number of sulfonamides is 1. The molecule has 0 heterocycles. The number of nitrogens with zero attached hydrogens (tertiary/aromatic N) is 1. The monoisotopic (exact) mass is 398 g/mol. The first kappa shape index (κ1) is 21.3. The number of amides is 1. The van der Waals surface area contributed by atoms with Crippen molar-refractivity contribution in [2.75, 3.05) is 26.0 Å². The number of ether oxygens (including phenoxy) is 1. The molecule has 27 heavy (non-hydrogen) atoms. The molecule has 0 aliphatic heterocycles. The van der Waals surface area contributed by atoms with Crippen molar-refractivity contribution in [3.63, 3.8) is 0 Å². The van der Waals surface area contributed by atoms with E-state index < -0.39 is 34.1 Å². The minimum atomic E-state index is -3.65. The van der Waals surface area contributed by atoms with E-state index in [0.717, 1.165) is 23.6 Å². The molecule has 1 aromatic rings. The van der Waals surface area contributed by atoms with Crippen LogP contribution in [-0.4, -0.2) is 56.0 Å². The lowest BCUT2D eigenvalue weighted by molar-refractivity contribution is -0.170. The van der Waals surface area contributed by atoms with Crippen molar-refractivity contribution in [3.8, 4) is 0 Å². The summed E-state index contributed by atoms with van der Waals surface area (Å²) in [6.07, 6.45) is 3.10. The van der Waals surface area contributed by atoms with Gasteiger partial charge in [-0.1, -0.05) is 12.5 Å². The van der Waals surface area contributed by atoms with Crippen molar-refractivity contribution in [1.82, 2.24) is 4.31 Å². The second kappa shape index (κ2) is 8.37. The molecule has 0 unspecified atom stereocenters. The molecule has 1 saturated carbocycles. The van der Waals surface area contributed by atoms with Crippen LogP contribution < -0.4 is 5.32 Å². The lowest BCUT2D eigenvalue weighted by Gasteiger charge is -2.29.